The number of nitrogens with zero attached hydrogens (tertiary/aromatic N) is 4. The van der Waals surface area contributed by atoms with Crippen molar-refractivity contribution in [1.82, 2.24) is 19.8 Å². The van der Waals surface area contributed by atoms with Gasteiger partial charge < -0.3 is 14.8 Å². The van der Waals surface area contributed by atoms with Crippen molar-refractivity contribution in [2.45, 2.75) is 18.4 Å². The van der Waals surface area contributed by atoms with Crippen LogP contribution in [0.15, 0.2) is 48.9 Å². The number of likely N-dealkylation sites (tertiary alicyclic amines) is 1. The number of alkyl halides is 2. The lowest BCUT2D eigenvalue weighted by atomic mass is 9.98. The standard InChI is InChI=1S/C22H19F2N5O2/c1-28-8-6-16-15(3-2-4-19(16)28)18-11-26-7-5-17(18)21(31)27-12-20(30)29-13-22(23,24)9-14(29)10-25/h2-8,11,14H,9,12-13H2,1H3,(H,27,31). The van der Waals surface area contributed by atoms with Crippen molar-refractivity contribution in [3.8, 4) is 17.2 Å². The summed E-state index contributed by atoms with van der Waals surface area (Å²) in [5.41, 5.74) is 2.70. The number of carbonyl (C=O) groups is 2. The van der Waals surface area contributed by atoms with Crippen molar-refractivity contribution in [1.29, 1.82) is 5.26 Å². The van der Waals surface area contributed by atoms with Gasteiger partial charge in [0.25, 0.3) is 11.8 Å². The second-order valence-corrected chi connectivity index (χ2v) is 7.50. The SMILES string of the molecule is Cn1ccc2c(-c3cnccc3C(=O)NCC(=O)N3CC(F)(F)CC3C#N)cccc21. The maximum Gasteiger partial charge on any atom is 0.268 e. The Kier molecular flexibility index (Phi) is 5.15. The molecule has 7 nitrogen and oxygen atoms in total. The van der Waals surface area contributed by atoms with Gasteiger partial charge in [0.1, 0.15) is 6.04 Å². The molecule has 1 aromatic carbocycles. The van der Waals surface area contributed by atoms with Crippen LogP contribution in [0.1, 0.15) is 16.8 Å². The molecule has 2 aromatic heterocycles. The van der Waals surface area contributed by atoms with E-state index in [2.05, 4.69) is 10.3 Å². The molecule has 0 radical (unpaired) electrons. The van der Waals surface area contributed by atoms with Gasteiger partial charge in [0.15, 0.2) is 0 Å². The van der Waals surface area contributed by atoms with Crippen LogP contribution in [-0.2, 0) is 11.8 Å². The van der Waals surface area contributed by atoms with Gasteiger partial charge >= 0.3 is 0 Å². The Bertz CT molecular complexity index is 1210. The third-order valence-corrected chi connectivity index (χ3v) is 5.42. The first-order valence-corrected chi connectivity index (χ1v) is 9.64. The fourth-order valence-corrected chi connectivity index (χ4v) is 3.89. The maximum atomic E-state index is 13.6. The Balaban J connectivity index is 1.56. The maximum absolute atomic E-state index is 13.6. The first kappa shape index (κ1) is 20.5. The molecular formula is C22H19F2N5O2. The van der Waals surface area contributed by atoms with E-state index >= 15 is 0 Å². The predicted octanol–water partition coefficient (Wildman–Crippen LogP) is 2.73. The van der Waals surface area contributed by atoms with Gasteiger partial charge in [-0.15, -0.1) is 0 Å². The van der Waals surface area contributed by atoms with Crippen LogP contribution in [0.3, 0.4) is 0 Å². The summed E-state index contributed by atoms with van der Waals surface area (Å²) in [7, 11) is 1.92. The highest BCUT2D eigenvalue weighted by atomic mass is 19.3. The number of amides is 2. The zero-order valence-corrected chi connectivity index (χ0v) is 16.7. The zero-order valence-electron chi connectivity index (χ0n) is 16.7. The van der Waals surface area contributed by atoms with Crippen molar-refractivity contribution >= 4 is 22.7 Å². The molecule has 2 amide bonds. The molecule has 31 heavy (non-hydrogen) atoms. The van der Waals surface area contributed by atoms with Crippen LogP contribution in [0.5, 0.6) is 0 Å². The molecule has 158 valence electrons. The quantitative estimate of drug-likeness (QED) is 0.699. The summed E-state index contributed by atoms with van der Waals surface area (Å²) in [5, 5.41) is 12.5. The second kappa shape index (κ2) is 7.80. The first-order valence-electron chi connectivity index (χ1n) is 9.64. The third kappa shape index (κ3) is 3.84. The normalized spacial score (nSPS) is 17.5. The summed E-state index contributed by atoms with van der Waals surface area (Å²) >= 11 is 0. The van der Waals surface area contributed by atoms with E-state index in [4.69, 9.17) is 5.26 Å². The van der Waals surface area contributed by atoms with Gasteiger partial charge in [-0.3, -0.25) is 14.6 Å². The number of hydrogen-bond acceptors (Lipinski definition) is 4. The number of hydrogen-bond donors (Lipinski definition) is 1. The highest BCUT2D eigenvalue weighted by Crippen LogP contribution is 2.32. The Morgan fingerprint density at radius 3 is 2.87 bits per heavy atom. The van der Waals surface area contributed by atoms with E-state index in [1.54, 1.807) is 18.3 Å². The van der Waals surface area contributed by atoms with Gasteiger partial charge in [-0.25, -0.2) is 8.78 Å². The molecule has 0 saturated carbocycles. The molecule has 1 aliphatic heterocycles. The van der Waals surface area contributed by atoms with Gasteiger partial charge in [0.05, 0.1) is 24.7 Å². The highest BCUT2D eigenvalue weighted by molar-refractivity contribution is 6.06. The summed E-state index contributed by atoms with van der Waals surface area (Å²) in [5.74, 6) is -4.36. The minimum absolute atomic E-state index is 0.308. The molecule has 0 spiro atoms. The second-order valence-electron chi connectivity index (χ2n) is 7.50. The molecule has 0 aliphatic carbocycles. The van der Waals surface area contributed by atoms with Crippen LogP contribution in [0.4, 0.5) is 8.78 Å². The molecule has 1 saturated heterocycles. The Hall–Kier alpha value is -3.80. The van der Waals surface area contributed by atoms with Crippen molar-refractivity contribution in [3.05, 3.63) is 54.5 Å². The van der Waals surface area contributed by atoms with Crippen LogP contribution >= 0.6 is 0 Å². The molecule has 3 heterocycles. The largest absolute Gasteiger partial charge is 0.351 e. The molecule has 1 aliphatic rings. The van der Waals surface area contributed by atoms with Gasteiger partial charge in [-0.05, 0) is 23.8 Å². The third-order valence-electron chi connectivity index (χ3n) is 5.42. The number of halogens is 2. The van der Waals surface area contributed by atoms with E-state index in [1.807, 2.05) is 42.1 Å². The Morgan fingerprint density at radius 1 is 1.29 bits per heavy atom. The van der Waals surface area contributed by atoms with Crippen molar-refractivity contribution in [2.75, 3.05) is 13.1 Å². The first-order chi connectivity index (χ1) is 14.8. The van der Waals surface area contributed by atoms with Crippen LogP contribution < -0.4 is 5.32 Å². The van der Waals surface area contributed by atoms with E-state index in [0.29, 0.717) is 11.1 Å². The van der Waals surface area contributed by atoms with Gasteiger partial charge in [-0.2, -0.15) is 5.26 Å². The molecule has 0 bridgehead atoms. The fourth-order valence-electron chi connectivity index (χ4n) is 3.89. The number of benzene rings is 1. The molecule has 1 unspecified atom stereocenters. The average Bonchev–Trinajstić information content (AvgIpc) is 3.30. The minimum atomic E-state index is -3.10. The summed E-state index contributed by atoms with van der Waals surface area (Å²) in [6.07, 6.45) is 4.27. The number of fused-ring (bicyclic) bond motifs is 1. The van der Waals surface area contributed by atoms with Crippen LogP contribution in [0, 0.1) is 11.3 Å². The van der Waals surface area contributed by atoms with E-state index in [1.165, 1.54) is 6.20 Å². The average molecular weight is 423 g/mol. The van der Waals surface area contributed by atoms with Crippen LogP contribution in [-0.4, -0.2) is 51.3 Å². The summed E-state index contributed by atoms with van der Waals surface area (Å²) in [6, 6.07) is 9.73. The monoisotopic (exact) mass is 423 g/mol. The van der Waals surface area contributed by atoms with E-state index in [9.17, 15) is 18.4 Å². The minimum Gasteiger partial charge on any atom is -0.351 e. The highest BCUT2D eigenvalue weighted by Gasteiger charge is 2.47. The van der Waals surface area contributed by atoms with Crippen LogP contribution in [0.25, 0.3) is 22.0 Å². The molecule has 1 atom stereocenters. The zero-order chi connectivity index (χ0) is 22.2. The number of aromatic nitrogens is 2. The Morgan fingerprint density at radius 2 is 2.10 bits per heavy atom. The number of carbonyl (C=O) groups excluding carboxylic acids is 2. The summed E-state index contributed by atoms with van der Waals surface area (Å²) in [4.78, 5) is 30.2. The van der Waals surface area contributed by atoms with Gasteiger partial charge in [-0.1, -0.05) is 12.1 Å². The Labute approximate surface area is 176 Å². The molecule has 1 N–H and O–H groups in total. The molecule has 9 heteroatoms. The topological polar surface area (TPSA) is 91.0 Å². The lowest BCUT2D eigenvalue weighted by Crippen LogP contribution is -2.43. The van der Waals surface area contributed by atoms with E-state index in [0.717, 1.165) is 21.4 Å². The lowest BCUT2D eigenvalue weighted by Gasteiger charge is -2.19. The molecule has 1 fully saturated rings. The van der Waals surface area contributed by atoms with Crippen LogP contribution in [0.2, 0.25) is 0 Å². The molecular weight excluding hydrogens is 404 g/mol. The van der Waals surface area contributed by atoms with Gasteiger partial charge in [0, 0.05) is 48.5 Å². The van der Waals surface area contributed by atoms with Crippen molar-refractivity contribution < 1.29 is 18.4 Å². The van der Waals surface area contributed by atoms with E-state index in [-0.39, 0.29) is 0 Å². The van der Waals surface area contributed by atoms with Gasteiger partial charge in [0.2, 0.25) is 5.91 Å². The summed E-state index contributed by atoms with van der Waals surface area (Å²) < 4.78 is 29.1. The smallest absolute Gasteiger partial charge is 0.268 e. The molecule has 3 aromatic rings. The predicted molar refractivity (Wildman–Crippen MR) is 109 cm³/mol. The number of nitriles is 1. The van der Waals surface area contributed by atoms with Crippen molar-refractivity contribution in [2.24, 2.45) is 7.05 Å². The van der Waals surface area contributed by atoms with E-state index < -0.39 is 43.3 Å². The molecule has 4 rings (SSSR count). The summed E-state index contributed by atoms with van der Waals surface area (Å²) in [6.45, 7) is -1.30. The number of aryl methyl sites for hydroxylation is 1. The lowest BCUT2D eigenvalue weighted by molar-refractivity contribution is -0.131. The number of pyridine rings is 1. The van der Waals surface area contributed by atoms with Crippen molar-refractivity contribution in [3.63, 3.8) is 0 Å². The number of rotatable bonds is 4. The number of nitrogens with one attached hydrogen (secondary N) is 1. The fraction of sp³-hybridized carbons (Fsp3) is 0.273.